The van der Waals surface area contributed by atoms with Crippen molar-refractivity contribution in [1.82, 2.24) is 5.32 Å². The molecule has 3 aliphatic rings. The Hall–Kier alpha value is -2.68. The predicted molar refractivity (Wildman–Crippen MR) is 169 cm³/mol. The molecule has 0 amide bonds. The Morgan fingerprint density at radius 2 is 1.85 bits per heavy atom. The molecular weight excluding hydrogens is 544 g/mol. The van der Waals surface area contributed by atoms with Crippen molar-refractivity contribution in [2.24, 2.45) is 5.92 Å². The van der Waals surface area contributed by atoms with Crippen LogP contribution in [-0.2, 0) is 5.41 Å². The third-order valence-corrected chi connectivity index (χ3v) is 9.37. The fourth-order valence-corrected chi connectivity index (χ4v) is 6.93. The van der Waals surface area contributed by atoms with Crippen LogP contribution in [0.2, 0.25) is 0 Å². The number of hydrogen-bond acceptors (Lipinski definition) is 2. The van der Waals surface area contributed by atoms with Crippen molar-refractivity contribution in [2.45, 2.75) is 63.7 Å². The Kier molecular flexibility index (Phi) is 9.37. The third kappa shape index (κ3) is 6.39. The molecular formula is C34H42BrN4+. The molecule has 5 heteroatoms. The maximum atomic E-state index is 7.64. The lowest BCUT2D eigenvalue weighted by Gasteiger charge is -2.29. The van der Waals surface area contributed by atoms with Gasteiger partial charge in [0.05, 0.1) is 12.0 Å². The number of nitrogens with one attached hydrogen (secondary N) is 1. The summed E-state index contributed by atoms with van der Waals surface area (Å²) < 4.78 is 2.55. The molecule has 4 nitrogen and oxygen atoms in total. The summed E-state index contributed by atoms with van der Waals surface area (Å²) in [5.74, 6) is 0.943. The lowest BCUT2D eigenvalue weighted by molar-refractivity contribution is -0.438. The molecule has 39 heavy (non-hydrogen) atoms. The third-order valence-electron chi connectivity index (χ3n) is 8.99. The zero-order chi connectivity index (χ0) is 27.1. The Morgan fingerprint density at radius 3 is 2.56 bits per heavy atom. The van der Waals surface area contributed by atoms with Crippen LogP contribution in [0.1, 0.15) is 69.4 Å². The van der Waals surface area contributed by atoms with E-state index in [-0.39, 0.29) is 5.41 Å². The van der Waals surface area contributed by atoms with Crippen molar-refractivity contribution in [1.29, 1.82) is 0 Å². The second-order valence-corrected chi connectivity index (χ2v) is 12.1. The lowest BCUT2D eigenvalue weighted by Crippen LogP contribution is -2.43. The summed E-state index contributed by atoms with van der Waals surface area (Å²) >= 11 is 3.50. The summed E-state index contributed by atoms with van der Waals surface area (Å²) in [6.07, 6.45) is 17.3. The maximum absolute atomic E-state index is 7.64. The molecule has 0 radical (unpaired) electrons. The van der Waals surface area contributed by atoms with Gasteiger partial charge in [-0.25, -0.2) is 4.85 Å². The van der Waals surface area contributed by atoms with Gasteiger partial charge in [0.1, 0.15) is 6.54 Å². The highest BCUT2D eigenvalue weighted by Gasteiger charge is 2.46. The van der Waals surface area contributed by atoms with E-state index < -0.39 is 0 Å². The molecule has 1 saturated heterocycles. The van der Waals surface area contributed by atoms with Gasteiger partial charge < -0.3 is 10.2 Å². The smallest absolute Gasteiger partial charge is 0.207 e. The number of anilines is 1. The molecule has 2 heterocycles. The molecule has 0 spiro atoms. The zero-order valence-electron chi connectivity index (χ0n) is 23.3. The van der Waals surface area contributed by atoms with Crippen molar-refractivity contribution in [2.75, 3.05) is 37.6 Å². The van der Waals surface area contributed by atoms with Crippen LogP contribution in [0.5, 0.6) is 0 Å². The topological polar surface area (TPSA) is 22.6 Å². The first kappa shape index (κ1) is 27.9. The maximum Gasteiger partial charge on any atom is 0.207 e. The number of unbranched alkanes of at least 4 members (excludes halogenated alkanes) is 1. The van der Waals surface area contributed by atoms with Crippen molar-refractivity contribution < 1.29 is 4.58 Å². The summed E-state index contributed by atoms with van der Waals surface area (Å²) in [6, 6.07) is 15.3. The molecule has 1 unspecified atom stereocenters. The Balaban J connectivity index is 1.43. The van der Waals surface area contributed by atoms with Gasteiger partial charge in [-0.05, 0) is 72.6 Å². The fraction of sp³-hybridized carbons (Fsp3) is 0.471. The van der Waals surface area contributed by atoms with Gasteiger partial charge in [-0.2, -0.15) is 4.58 Å². The summed E-state index contributed by atoms with van der Waals surface area (Å²) in [6.45, 7) is 15.2. The molecule has 2 aromatic carbocycles. The molecule has 1 N–H and O–H groups in total. The Labute approximate surface area is 243 Å². The molecule has 2 aliphatic heterocycles. The minimum absolute atomic E-state index is 0.191. The van der Waals surface area contributed by atoms with E-state index in [0.29, 0.717) is 0 Å². The Bertz CT molecular complexity index is 1260. The van der Waals surface area contributed by atoms with Gasteiger partial charge in [-0.1, -0.05) is 66.2 Å². The van der Waals surface area contributed by atoms with Crippen LogP contribution in [0.25, 0.3) is 10.9 Å². The molecule has 1 saturated carbocycles. The fourth-order valence-electron chi connectivity index (χ4n) is 6.74. The van der Waals surface area contributed by atoms with Gasteiger partial charge in [-0.15, -0.1) is 0 Å². The first-order valence-electron chi connectivity index (χ1n) is 14.8. The average Bonchev–Trinajstić information content (AvgIpc) is 3.58. The number of piperazine rings is 1. The summed E-state index contributed by atoms with van der Waals surface area (Å²) in [5, 5.41) is 3.44. The number of hydrogen-bond donors (Lipinski definition) is 1. The van der Waals surface area contributed by atoms with E-state index in [0.717, 1.165) is 50.7 Å². The largest absolute Gasteiger partial charge is 0.369 e. The van der Waals surface area contributed by atoms with Crippen LogP contribution in [0, 0.1) is 12.5 Å². The summed E-state index contributed by atoms with van der Waals surface area (Å²) in [7, 11) is 0. The van der Waals surface area contributed by atoms with Crippen LogP contribution in [0.15, 0.2) is 59.6 Å². The minimum Gasteiger partial charge on any atom is -0.369 e. The van der Waals surface area contributed by atoms with Gasteiger partial charge in [0.25, 0.3) is 0 Å². The SMILES string of the molecule is [C-]#[N+]c1ccc2c(c1)C(C)(C/C=C/Br)C(/C=C/c1ccc(N3CCNCC3)cc1)=[N+]2CCCCC1CCCC1. The van der Waals surface area contributed by atoms with Gasteiger partial charge in [0.2, 0.25) is 5.69 Å². The lowest BCUT2D eigenvalue weighted by atomic mass is 9.76. The van der Waals surface area contributed by atoms with Crippen molar-refractivity contribution in [3.63, 3.8) is 0 Å². The molecule has 2 fully saturated rings. The summed E-state index contributed by atoms with van der Waals surface area (Å²) in [4.78, 5) is 8.20. The quantitative estimate of drug-likeness (QED) is 0.172. The molecule has 1 atom stereocenters. The van der Waals surface area contributed by atoms with Crippen molar-refractivity contribution in [3.05, 3.63) is 82.1 Å². The van der Waals surface area contributed by atoms with E-state index in [1.807, 2.05) is 11.1 Å². The highest BCUT2D eigenvalue weighted by Crippen LogP contribution is 2.45. The molecule has 1 aliphatic carbocycles. The van der Waals surface area contributed by atoms with Gasteiger partial charge in [-0.3, -0.25) is 0 Å². The van der Waals surface area contributed by atoms with E-state index in [9.17, 15) is 0 Å². The first-order valence-corrected chi connectivity index (χ1v) is 15.7. The number of nitrogens with zero attached hydrogens (tertiary/aromatic N) is 3. The number of fused-ring (bicyclic) bond motifs is 1. The highest BCUT2D eigenvalue weighted by atomic mass is 79.9. The number of benzene rings is 2. The second kappa shape index (κ2) is 13.1. The van der Waals surface area contributed by atoms with Crippen molar-refractivity contribution >= 4 is 44.8 Å². The first-order chi connectivity index (χ1) is 19.1. The van der Waals surface area contributed by atoms with E-state index in [4.69, 9.17) is 6.57 Å². The molecule has 204 valence electrons. The van der Waals surface area contributed by atoms with E-state index in [1.54, 1.807) is 0 Å². The number of rotatable bonds is 10. The highest BCUT2D eigenvalue weighted by molar-refractivity contribution is 9.11. The normalized spacial score (nSPS) is 21.8. The molecule has 2 aromatic rings. The van der Waals surface area contributed by atoms with Crippen LogP contribution < -0.4 is 10.2 Å². The van der Waals surface area contributed by atoms with Gasteiger partial charge >= 0.3 is 0 Å². The van der Waals surface area contributed by atoms with E-state index in [2.05, 4.69) is 97.1 Å². The molecule has 0 bridgehead atoms. The van der Waals surface area contributed by atoms with Crippen molar-refractivity contribution in [3.8, 4) is 0 Å². The van der Waals surface area contributed by atoms with Crippen LogP contribution in [0.4, 0.5) is 17.1 Å². The van der Waals surface area contributed by atoms with E-state index >= 15 is 0 Å². The summed E-state index contributed by atoms with van der Waals surface area (Å²) in [5.41, 5.74) is 6.92. The standard InChI is InChI=1S/C34H42BrN4/c1-34(19-7-20-35)31-26-29(36-2)14-17-32(31)39(23-6-5-10-27-8-3-4-9-27)33(34)18-13-28-11-15-30(16-12-28)38-24-21-37-22-25-38/h7,11-18,20,26-27,37H,3-6,8-10,19,21-25H2,1H3/q+1/b20-7+. The Morgan fingerprint density at radius 1 is 1.08 bits per heavy atom. The van der Waals surface area contributed by atoms with Crippen LogP contribution >= 0.6 is 15.9 Å². The monoisotopic (exact) mass is 585 g/mol. The number of allylic oxidation sites excluding steroid dienone is 2. The molecule has 0 aromatic heterocycles. The zero-order valence-corrected chi connectivity index (χ0v) is 24.9. The number of halogens is 1. The van der Waals surface area contributed by atoms with Crippen LogP contribution in [0.3, 0.4) is 0 Å². The second-order valence-electron chi connectivity index (χ2n) is 11.6. The minimum atomic E-state index is -0.191. The molecule has 5 rings (SSSR count). The van der Waals surface area contributed by atoms with E-state index in [1.165, 1.54) is 73.2 Å². The van der Waals surface area contributed by atoms with Gasteiger partial charge in [0.15, 0.2) is 11.4 Å². The van der Waals surface area contributed by atoms with Gasteiger partial charge in [0, 0.05) is 49.9 Å². The predicted octanol–water partition coefficient (Wildman–Crippen LogP) is 8.38. The van der Waals surface area contributed by atoms with Crippen LogP contribution in [-0.4, -0.2) is 43.0 Å². The average molecular weight is 587 g/mol.